The molecule has 0 saturated heterocycles. The first-order valence-corrected chi connectivity index (χ1v) is 7.00. The van der Waals surface area contributed by atoms with Crippen molar-refractivity contribution in [2.24, 2.45) is 0 Å². The number of fused-ring (bicyclic) bond motifs is 1. The average Bonchev–Trinajstić information content (AvgIpc) is 3.27. The normalized spacial score (nSPS) is 10.7. The standard InChI is InChI=1S/C17H11N5O/c18-7-11-1-3-13(4-2-11)22-10-15(12-8-20-21-9-12)14-5-6-19-16(14)17(22)23/h1-6,8-10,19H,(H,20,21). The first kappa shape index (κ1) is 13.1. The van der Waals surface area contributed by atoms with Gasteiger partial charge in [-0.15, -0.1) is 0 Å². The van der Waals surface area contributed by atoms with Crippen molar-refractivity contribution in [3.05, 3.63) is 71.0 Å². The summed E-state index contributed by atoms with van der Waals surface area (Å²) < 4.78 is 1.57. The molecule has 0 aliphatic heterocycles. The summed E-state index contributed by atoms with van der Waals surface area (Å²) in [5.74, 6) is 0. The lowest BCUT2D eigenvalue weighted by Crippen LogP contribution is -2.18. The maximum absolute atomic E-state index is 12.7. The number of benzene rings is 1. The number of pyridine rings is 1. The highest BCUT2D eigenvalue weighted by Gasteiger charge is 2.13. The summed E-state index contributed by atoms with van der Waals surface area (Å²) in [6, 6.07) is 10.9. The minimum atomic E-state index is -0.137. The van der Waals surface area contributed by atoms with Gasteiger partial charge >= 0.3 is 0 Å². The summed E-state index contributed by atoms with van der Waals surface area (Å²) in [6.07, 6.45) is 7.05. The first-order chi connectivity index (χ1) is 11.3. The number of aromatic amines is 2. The zero-order chi connectivity index (χ0) is 15.8. The van der Waals surface area contributed by atoms with Gasteiger partial charge in [0, 0.05) is 40.8 Å². The predicted molar refractivity (Wildman–Crippen MR) is 86.2 cm³/mol. The highest BCUT2D eigenvalue weighted by Crippen LogP contribution is 2.26. The molecule has 6 nitrogen and oxygen atoms in total. The molecule has 6 heteroatoms. The van der Waals surface area contributed by atoms with Crippen LogP contribution in [0.3, 0.4) is 0 Å². The van der Waals surface area contributed by atoms with Gasteiger partial charge in [-0.2, -0.15) is 10.4 Å². The van der Waals surface area contributed by atoms with Crippen LogP contribution in [0.1, 0.15) is 5.56 Å². The molecule has 1 aromatic carbocycles. The van der Waals surface area contributed by atoms with Crippen molar-refractivity contribution in [3.8, 4) is 22.9 Å². The SMILES string of the molecule is N#Cc1ccc(-n2cc(-c3cn[nH]c3)c3cc[nH]c3c2=O)cc1. The van der Waals surface area contributed by atoms with E-state index >= 15 is 0 Å². The van der Waals surface area contributed by atoms with Crippen LogP contribution < -0.4 is 5.56 Å². The van der Waals surface area contributed by atoms with E-state index in [1.54, 1.807) is 53.6 Å². The van der Waals surface area contributed by atoms with Crippen molar-refractivity contribution in [2.45, 2.75) is 0 Å². The van der Waals surface area contributed by atoms with E-state index < -0.39 is 0 Å². The van der Waals surface area contributed by atoms with Gasteiger partial charge in [0.2, 0.25) is 0 Å². The quantitative estimate of drug-likeness (QED) is 0.596. The molecule has 4 rings (SSSR count). The number of nitriles is 1. The molecule has 2 N–H and O–H groups in total. The number of nitrogens with one attached hydrogen (secondary N) is 2. The van der Waals surface area contributed by atoms with Crippen LogP contribution in [0.15, 0.2) is 59.9 Å². The number of rotatable bonds is 2. The minimum Gasteiger partial charge on any atom is -0.357 e. The van der Waals surface area contributed by atoms with Gasteiger partial charge in [0.25, 0.3) is 5.56 Å². The van der Waals surface area contributed by atoms with Gasteiger partial charge in [0.15, 0.2) is 0 Å². The molecule has 0 fully saturated rings. The highest BCUT2D eigenvalue weighted by molar-refractivity contribution is 5.94. The fraction of sp³-hybridized carbons (Fsp3) is 0. The zero-order valence-corrected chi connectivity index (χ0v) is 11.9. The molecule has 3 aromatic heterocycles. The molecular formula is C17H11N5O. The van der Waals surface area contributed by atoms with E-state index in [1.807, 2.05) is 6.07 Å². The number of hydrogen-bond donors (Lipinski definition) is 2. The van der Waals surface area contributed by atoms with Crippen molar-refractivity contribution in [1.82, 2.24) is 19.7 Å². The van der Waals surface area contributed by atoms with Crippen LogP contribution in [-0.4, -0.2) is 19.7 Å². The van der Waals surface area contributed by atoms with Crippen LogP contribution in [0, 0.1) is 11.3 Å². The Bertz CT molecular complexity index is 1080. The molecule has 0 saturated carbocycles. The Kier molecular flexibility index (Phi) is 2.85. The van der Waals surface area contributed by atoms with Crippen molar-refractivity contribution >= 4 is 10.9 Å². The van der Waals surface area contributed by atoms with E-state index in [0.29, 0.717) is 16.8 Å². The lowest BCUT2D eigenvalue weighted by Gasteiger charge is -2.09. The molecular weight excluding hydrogens is 290 g/mol. The number of H-pyrrole nitrogens is 2. The molecule has 110 valence electrons. The van der Waals surface area contributed by atoms with Gasteiger partial charge in [-0.1, -0.05) is 0 Å². The maximum atomic E-state index is 12.7. The molecule has 0 bridgehead atoms. The van der Waals surface area contributed by atoms with E-state index in [0.717, 1.165) is 16.5 Å². The van der Waals surface area contributed by atoms with Crippen LogP contribution in [0.25, 0.3) is 27.7 Å². The van der Waals surface area contributed by atoms with Crippen LogP contribution >= 0.6 is 0 Å². The van der Waals surface area contributed by atoms with Crippen LogP contribution in [-0.2, 0) is 0 Å². The maximum Gasteiger partial charge on any atom is 0.279 e. The summed E-state index contributed by atoms with van der Waals surface area (Å²) in [5, 5.41) is 16.5. The Morgan fingerprint density at radius 3 is 2.70 bits per heavy atom. The van der Waals surface area contributed by atoms with Crippen molar-refractivity contribution in [3.63, 3.8) is 0 Å². The van der Waals surface area contributed by atoms with Gasteiger partial charge in [-0.05, 0) is 30.3 Å². The van der Waals surface area contributed by atoms with Gasteiger partial charge in [0.05, 0.1) is 17.8 Å². The minimum absolute atomic E-state index is 0.137. The second-order valence-electron chi connectivity index (χ2n) is 5.13. The summed E-state index contributed by atoms with van der Waals surface area (Å²) >= 11 is 0. The summed E-state index contributed by atoms with van der Waals surface area (Å²) in [6.45, 7) is 0. The summed E-state index contributed by atoms with van der Waals surface area (Å²) in [4.78, 5) is 15.7. The Balaban J connectivity index is 2.01. The molecule has 3 heterocycles. The molecule has 4 aromatic rings. The average molecular weight is 301 g/mol. The van der Waals surface area contributed by atoms with Crippen molar-refractivity contribution in [1.29, 1.82) is 5.26 Å². The van der Waals surface area contributed by atoms with E-state index in [9.17, 15) is 4.79 Å². The van der Waals surface area contributed by atoms with E-state index in [-0.39, 0.29) is 5.56 Å². The van der Waals surface area contributed by atoms with E-state index in [4.69, 9.17) is 5.26 Å². The van der Waals surface area contributed by atoms with Gasteiger partial charge in [0.1, 0.15) is 5.52 Å². The largest absolute Gasteiger partial charge is 0.357 e. The molecule has 0 aliphatic carbocycles. The summed E-state index contributed by atoms with van der Waals surface area (Å²) in [7, 11) is 0. The third-order valence-corrected chi connectivity index (χ3v) is 3.81. The van der Waals surface area contributed by atoms with Crippen molar-refractivity contribution in [2.75, 3.05) is 0 Å². The number of hydrogen-bond acceptors (Lipinski definition) is 3. The third kappa shape index (κ3) is 2.03. The van der Waals surface area contributed by atoms with E-state index in [2.05, 4.69) is 21.3 Å². The van der Waals surface area contributed by atoms with E-state index in [1.165, 1.54) is 0 Å². The summed E-state index contributed by atoms with van der Waals surface area (Å²) in [5.41, 5.74) is 3.46. The Hall–Kier alpha value is -3.59. The molecule has 0 amide bonds. The topological polar surface area (TPSA) is 90.3 Å². The van der Waals surface area contributed by atoms with Gasteiger partial charge in [-0.3, -0.25) is 14.5 Å². The smallest absolute Gasteiger partial charge is 0.279 e. The molecule has 0 unspecified atom stereocenters. The van der Waals surface area contributed by atoms with Crippen molar-refractivity contribution < 1.29 is 0 Å². The highest BCUT2D eigenvalue weighted by atomic mass is 16.1. The predicted octanol–water partition coefficient (Wildman–Crippen LogP) is 2.58. The molecule has 0 spiro atoms. The Morgan fingerprint density at radius 1 is 1.17 bits per heavy atom. The zero-order valence-electron chi connectivity index (χ0n) is 11.9. The van der Waals surface area contributed by atoms with Crippen LogP contribution in [0.2, 0.25) is 0 Å². The number of aromatic nitrogens is 4. The fourth-order valence-corrected chi connectivity index (χ4v) is 2.67. The van der Waals surface area contributed by atoms with Gasteiger partial charge < -0.3 is 4.98 Å². The lowest BCUT2D eigenvalue weighted by molar-refractivity contribution is 1.00. The Labute approximate surface area is 130 Å². The fourth-order valence-electron chi connectivity index (χ4n) is 2.67. The lowest BCUT2D eigenvalue weighted by atomic mass is 10.1. The molecule has 0 radical (unpaired) electrons. The van der Waals surface area contributed by atoms with Crippen LogP contribution in [0.5, 0.6) is 0 Å². The van der Waals surface area contributed by atoms with Gasteiger partial charge in [-0.25, -0.2) is 0 Å². The molecule has 23 heavy (non-hydrogen) atoms. The second kappa shape index (κ2) is 5.00. The third-order valence-electron chi connectivity index (χ3n) is 3.81. The first-order valence-electron chi connectivity index (χ1n) is 7.00. The molecule has 0 aliphatic rings. The second-order valence-corrected chi connectivity index (χ2v) is 5.13. The monoisotopic (exact) mass is 301 g/mol. The molecule has 0 atom stereocenters. The Morgan fingerprint density at radius 2 is 2.00 bits per heavy atom. The van der Waals surface area contributed by atoms with Crippen LogP contribution in [0.4, 0.5) is 0 Å². The number of nitrogens with zero attached hydrogens (tertiary/aromatic N) is 3.